The molecule has 1 aromatic carbocycles. The van der Waals surface area contributed by atoms with Gasteiger partial charge in [-0.05, 0) is 17.7 Å². The lowest BCUT2D eigenvalue weighted by atomic mass is 10.2. The third kappa shape index (κ3) is 2.84. The third-order valence-corrected chi connectivity index (χ3v) is 4.65. The SMILES string of the molecule is Clc1cc(Cn2cc(-c3cn4ccncc4n3)nn2)cc(Cl)c1Cl. The summed E-state index contributed by atoms with van der Waals surface area (Å²) in [6, 6.07) is 3.52. The Labute approximate surface area is 151 Å². The van der Waals surface area contributed by atoms with Crippen LogP contribution in [0.25, 0.3) is 17.0 Å². The largest absolute Gasteiger partial charge is 0.304 e. The summed E-state index contributed by atoms with van der Waals surface area (Å²) < 4.78 is 3.56. The first-order chi connectivity index (χ1) is 11.6. The molecule has 0 unspecified atom stereocenters. The summed E-state index contributed by atoms with van der Waals surface area (Å²) >= 11 is 18.1. The second kappa shape index (κ2) is 6.05. The molecule has 4 rings (SSSR count). The van der Waals surface area contributed by atoms with Crippen molar-refractivity contribution in [2.24, 2.45) is 0 Å². The molecule has 0 atom stereocenters. The minimum atomic E-state index is 0.347. The third-order valence-electron chi connectivity index (χ3n) is 3.45. The lowest BCUT2D eigenvalue weighted by Gasteiger charge is -2.05. The molecule has 0 fully saturated rings. The number of rotatable bonds is 3. The van der Waals surface area contributed by atoms with E-state index < -0.39 is 0 Å². The zero-order valence-corrected chi connectivity index (χ0v) is 14.3. The van der Waals surface area contributed by atoms with Gasteiger partial charge in [-0.25, -0.2) is 9.67 Å². The second-order valence-electron chi connectivity index (χ2n) is 5.14. The van der Waals surface area contributed by atoms with E-state index >= 15 is 0 Å². The molecule has 3 heterocycles. The van der Waals surface area contributed by atoms with Gasteiger partial charge in [0, 0.05) is 18.6 Å². The molecule has 0 spiro atoms. The fourth-order valence-electron chi connectivity index (χ4n) is 2.35. The van der Waals surface area contributed by atoms with E-state index in [1.54, 1.807) is 29.2 Å². The minimum Gasteiger partial charge on any atom is -0.304 e. The Morgan fingerprint density at radius 1 is 1.00 bits per heavy atom. The molecule has 4 aromatic rings. The summed E-state index contributed by atoms with van der Waals surface area (Å²) in [4.78, 5) is 8.51. The first-order valence-corrected chi connectivity index (χ1v) is 8.06. The average molecular weight is 380 g/mol. The lowest BCUT2D eigenvalue weighted by Crippen LogP contribution is -2.00. The van der Waals surface area contributed by atoms with Gasteiger partial charge in [-0.2, -0.15) is 0 Å². The minimum absolute atomic E-state index is 0.347. The number of nitrogens with zero attached hydrogens (tertiary/aromatic N) is 6. The Kier molecular flexibility index (Phi) is 3.88. The summed E-state index contributed by atoms with van der Waals surface area (Å²) in [5, 5.41) is 9.45. The molecule has 0 saturated heterocycles. The molecule has 120 valence electrons. The first kappa shape index (κ1) is 15.4. The molecule has 9 heteroatoms. The Hall–Kier alpha value is -2.15. The molecule has 0 radical (unpaired) electrons. The maximum Gasteiger partial charge on any atom is 0.156 e. The van der Waals surface area contributed by atoms with Crippen LogP contribution in [0, 0.1) is 0 Å². The standard InChI is InChI=1S/C15H9Cl3N6/c16-10-3-9(4-11(17)15(10)18)6-24-8-13(21-22-24)12-7-23-2-1-19-5-14(23)20-12/h1-5,7-8H,6H2. The molecule has 0 N–H and O–H groups in total. The Morgan fingerprint density at radius 2 is 1.79 bits per heavy atom. The molecule has 3 aromatic heterocycles. The van der Waals surface area contributed by atoms with Crippen molar-refractivity contribution in [2.45, 2.75) is 6.54 Å². The van der Waals surface area contributed by atoms with Crippen LogP contribution in [0.2, 0.25) is 15.1 Å². The summed E-state index contributed by atoms with van der Waals surface area (Å²) in [6.07, 6.45) is 8.90. The van der Waals surface area contributed by atoms with Crippen LogP contribution in [-0.2, 0) is 6.54 Å². The van der Waals surface area contributed by atoms with Gasteiger partial charge in [0.05, 0.1) is 34.0 Å². The van der Waals surface area contributed by atoms with Crippen molar-refractivity contribution < 1.29 is 0 Å². The predicted octanol–water partition coefficient (Wildman–Crippen LogP) is 4.00. The van der Waals surface area contributed by atoms with Gasteiger partial charge in [-0.1, -0.05) is 40.0 Å². The van der Waals surface area contributed by atoms with E-state index in [0.717, 1.165) is 16.9 Å². The predicted molar refractivity (Wildman–Crippen MR) is 92.6 cm³/mol. The molecular weight excluding hydrogens is 371 g/mol. The molecule has 0 aliphatic carbocycles. The molecule has 0 amide bonds. The van der Waals surface area contributed by atoms with Crippen LogP contribution >= 0.6 is 34.8 Å². The fourth-order valence-corrected chi connectivity index (χ4v) is 2.99. The fraction of sp³-hybridized carbons (Fsp3) is 0.0667. The van der Waals surface area contributed by atoms with E-state index in [4.69, 9.17) is 34.8 Å². The van der Waals surface area contributed by atoms with Crippen molar-refractivity contribution in [2.75, 3.05) is 0 Å². The number of benzene rings is 1. The molecule has 24 heavy (non-hydrogen) atoms. The number of hydrogen-bond acceptors (Lipinski definition) is 4. The maximum atomic E-state index is 6.05. The van der Waals surface area contributed by atoms with Crippen molar-refractivity contribution >= 4 is 40.4 Å². The van der Waals surface area contributed by atoms with Crippen LogP contribution < -0.4 is 0 Å². The van der Waals surface area contributed by atoms with Gasteiger partial charge in [0.25, 0.3) is 0 Å². The van der Waals surface area contributed by atoms with E-state index in [-0.39, 0.29) is 0 Å². The highest BCUT2D eigenvalue weighted by molar-refractivity contribution is 6.48. The summed E-state index contributed by atoms with van der Waals surface area (Å²) in [5.74, 6) is 0. The van der Waals surface area contributed by atoms with Gasteiger partial charge < -0.3 is 4.40 Å². The van der Waals surface area contributed by atoms with Gasteiger partial charge in [0.1, 0.15) is 11.4 Å². The van der Waals surface area contributed by atoms with Gasteiger partial charge in [0.2, 0.25) is 0 Å². The van der Waals surface area contributed by atoms with Gasteiger partial charge >= 0.3 is 0 Å². The zero-order chi connectivity index (χ0) is 16.7. The van der Waals surface area contributed by atoms with Crippen molar-refractivity contribution in [3.8, 4) is 11.4 Å². The smallest absolute Gasteiger partial charge is 0.156 e. The summed E-state index contributed by atoms with van der Waals surface area (Å²) in [6.45, 7) is 0.471. The molecule has 6 nitrogen and oxygen atoms in total. The van der Waals surface area contributed by atoms with E-state index in [1.165, 1.54) is 0 Å². The Morgan fingerprint density at radius 3 is 2.54 bits per heavy atom. The zero-order valence-electron chi connectivity index (χ0n) is 12.1. The van der Waals surface area contributed by atoms with Gasteiger partial charge in [0.15, 0.2) is 5.65 Å². The highest BCUT2D eigenvalue weighted by Gasteiger charge is 2.11. The van der Waals surface area contributed by atoms with Crippen molar-refractivity contribution in [3.63, 3.8) is 0 Å². The number of fused-ring (bicyclic) bond motifs is 1. The normalized spacial score (nSPS) is 11.3. The van der Waals surface area contributed by atoms with E-state index in [2.05, 4.69) is 20.3 Å². The van der Waals surface area contributed by atoms with Crippen LogP contribution in [0.4, 0.5) is 0 Å². The van der Waals surface area contributed by atoms with Gasteiger partial charge in [-0.3, -0.25) is 4.98 Å². The van der Waals surface area contributed by atoms with Crippen LogP contribution in [0.1, 0.15) is 5.56 Å². The van der Waals surface area contributed by atoms with Crippen LogP contribution in [0.3, 0.4) is 0 Å². The van der Waals surface area contributed by atoms with Crippen molar-refractivity contribution in [1.82, 2.24) is 29.4 Å². The Bertz CT molecular complexity index is 983. The topological polar surface area (TPSA) is 60.9 Å². The monoisotopic (exact) mass is 378 g/mol. The molecule has 0 bridgehead atoms. The summed E-state index contributed by atoms with van der Waals surface area (Å²) in [5.41, 5.74) is 3.02. The second-order valence-corrected chi connectivity index (χ2v) is 6.34. The van der Waals surface area contributed by atoms with E-state index in [0.29, 0.717) is 27.3 Å². The highest BCUT2D eigenvalue weighted by Crippen LogP contribution is 2.31. The molecule has 0 saturated carbocycles. The maximum absolute atomic E-state index is 6.05. The number of halogens is 3. The lowest BCUT2D eigenvalue weighted by molar-refractivity contribution is 0.650. The van der Waals surface area contributed by atoms with Crippen molar-refractivity contribution in [1.29, 1.82) is 0 Å². The number of imidazole rings is 1. The quantitative estimate of drug-likeness (QED) is 0.505. The Balaban J connectivity index is 1.63. The first-order valence-electron chi connectivity index (χ1n) is 6.93. The highest BCUT2D eigenvalue weighted by atomic mass is 35.5. The van der Waals surface area contributed by atoms with Crippen LogP contribution in [0.15, 0.2) is 43.1 Å². The number of hydrogen-bond donors (Lipinski definition) is 0. The molecule has 0 aliphatic heterocycles. The van der Waals surface area contributed by atoms with E-state index in [9.17, 15) is 0 Å². The van der Waals surface area contributed by atoms with E-state index in [1.807, 2.05) is 23.0 Å². The summed E-state index contributed by atoms with van der Waals surface area (Å²) in [7, 11) is 0. The molecular formula is C15H9Cl3N6. The number of aromatic nitrogens is 6. The van der Waals surface area contributed by atoms with Crippen molar-refractivity contribution in [3.05, 3.63) is 63.7 Å². The van der Waals surface area contributed by atoms with Gasteiger partial charge in [-0.15, -0.1) is 5.10 Å². The van der Waals surface area contributed by atoms with Crippen LogP contribution in [-0.4, -0.2) is 29.4 Å². The van der Waals surface area contributed by atoms with Crippen LogP contribution in [0.5, 0.6) is 0 Å². The molecule has 0 aliphatic rings. The average Bonchev–Trinajstić information content (AvgIpc) is 3.18.